The Labute approximate surface area is 90.6 Å². The van der Waals surface area contributed by atoms with Crippen molar-refractivity contribution in [1.29, 1.82) is 0 Å². The van der Waals surface area contributed by atoms with Gasteiger partial charge in [0.1, 0.15) is 0 Å². The maximum Gasteiger partial charge on any atom is 0.0794 e. The average molecular weight is 193 g/mol. The van der Waals surface area contributed by atoms with Crippen molar-refractivity contribution in [3.63, 3.8) is 0 Å². The third kappa shape index (κ3) is 1.25. The Morgan fingerprint density at radius 2 is 1.27 bits per heavy atom. The van der Waals surface area contributed by atoms with E-state index in [1.807, 2.05) is 0 Å². The first-order valence-corrected chi connectivity index (χ1v) is 5.36. The van der Waals surface area contributed by atoms with Crippen LogP contribution < -0.4 is 0 Å². The SMILES string of the molecule is C[C+]1c2ccccc2Cc2ccccc21. The van der Waals surface area contributed by atoms with Crippen LogP contribution in [0.25, 0.3) is 0 Å². The van der Waals surface area contributed by atoms with E-state index in [0.717, 1.165) is 6.42 Å². The molecule has 0 saturated heterocycles. The Balaban J connectivity index is 2.20. The summed E-state index contributed by atoms with van der Waals surface area (Å²) in [7, 11) is 0. The van der Waals surface area contributed by atoms with Gasteiger partial charge in [0.25, 0.3) is 0 Å². The molecule has 72 valence electrons. The van der Waals surface area contributed by atoms with Crippen molar-refractivity contribution in [3.8, 4) is 0 Å². The fraction of sp³-hybridized carbons (Fsp3) is 0.133. The predicted octanol–water partition coefficient (Wildman–Crippen LogP) is 3.58. The van der Waals surface area contributed by atoms with Gasteiger partial charge in [0, 0.05) is 29.2 Å². The van der Waals surface area contributed by atoms with E-state index in [1.54, 1.807) is 0 Å². The van der Waals surface area contributed by atoms with Crippen LogP contribution in [0.15, 0.2) is 48.5 Å². The molecule has 1 aliphatic carbocycles. The molecule has 15 heavy (non-hydrogen) atoms. The zero-order chi connectivity index (χ0) is 10.3. The second-order valence-corrected chi connectivity index (χ2v) is 4.12. The van der Waals surface area contributed by atoms with Crippen molar-refractivity contribution >= 4 is 0 Å². The minimum Gasteiger partial charge on any atom is -0.0462 e. The van der Waals surface area contributed by atoms with Gasteiger partial charge in [-0.15, -0.1) is 0 Å². The zero-order valence-corrected chi connectivity index (χ0v) is 8.83. The summed E-state index contributed by atoms with van der Waals surface area (Å²) < 4.78 is 0. The van der Waals surface area contributed by atoms with Gasteiger partial charge in [-0.05, 0) is 43.3 Å². The lowest BCUT2D eigenvalue weighted by molar-refractivity contribution is 1.02. The Kier molecular flexibility index (Phi) is 1.81. The maximum absolute atomic E-state index is 2.23. The molecule has 0 N–H and O–H groups in total. The lowest BCUT2D eigenvalue weighted by Crippen LogP contribution is -2.11. The quantitative estimate of drug-likeness (QED) is 0.561. The molecule has 0 heteroatoms. The van der Waals surface area contributed by atoms with Gasteiger partial charge in [0.05, 0.1) is 17.5 Å². The molecule has 0 spiro atoms. The molecule has 0 unspecified atom stereocenters. The Hall–Kier alpha value is -1.69. The Bertz CT molecular complexity index is 451. The van der Waals surface area contributed by atoms with E-state index in [4.69, 9.17) is 0 Å². The van der Waals surface area contributed by atoms with E-state index in [1.165, 1.54) is 28.2 Å². The molecule has 0 fully saturated rings. The minimum atomic E-state index is 1.07. The van der Waals surface area contributed by atoms with Crippen LogP contribution in [-0.4, -0.2) is 0 Å². The highest BCUT2D eigenvalue weighted by molar-refractivity contribution is 5.57. The molecule has 0 aliphatic heterocycles. The first kappa shape index (κ1) is 8.60. The molecule has 0 bridgehead atoms. The third-order valence-corrected chi connectivity index (χ3v) is 3.22. The topological polar surface area (TPSA) is 0 Å². The monoisotopic (exact) mass is 193 g/mol. The summed E-state index contributed by atoms with van der Waals surface area (Å²) in [5, 5.41) is 0. The standard InChI is InChI=1S/C15H13/c1-11-14-8-4-2-6-12(14)10-13-7-3-5-9-15(11)13/h2-9H,10H2,1H3/q+1. The number of benzene rings is 2. The second-order valence-electron chi connectivity index (χ2n) is 4.12. The van der Waals surface area contributed by atoms with Crippen molar-refractivity contribution in [3.05, 3.63) is 76.7 Å². The van der Waals surface area contributed by atoms with E-state index in [-0.39, 0.29) is 0 Å². The molecule has 0 amide bonds. The molecule has 0 radical (unpaired) electrons. The largest absolute Gasteiger partial charge is 0.0794 e. The minimum absolute atomic E-state index is 1.07. The van der Waals surface area contributed by atoms with Crippen molar-refractivity contribution in [2.75, 3.05) is 0 Å². The van der Waals surface area contributed by atoms with Gasteiger partial charge >= 0.3 is 0 Å². The molecule has 2 aromatic rings. The van der Waals surface area contributed by atoms with E-state index in [9.17, 15) is 0 Å². The molecule has 1 aliphatic rings. The molecule has 0 saturated carbocycles. The number of hydrogen-bond donors (Lipinski definition) is 0. The fourth-order valence-electron chi connectivity index (χ4n) is 2.43. The third-order valence-electron chi connectivity index (χ3n) is 3.22. The van der Waals surface area contributed by atoms with Crippen molar-refractivity contribution in [2.45, 2.75) is 13.3 Å². The van der Waals surface area contributed by atoms with Crippen molar-refractivity contribution < 1.29 is 0 Å². The Morgan fingerprint density at radius 3 is 1.80 bits per heavy atom. The van der Waals surface area contributed by atoms with Crippen LogP contribution in [0, 0.1) is 5.92 Å². The molecular weight excluding hydrogens is 180 g/mol. The molecule has 0 atom stereocenters. The van der Waals surface area contributed by atoms with E-state index in [0.29, 0.717) is 0 Å². The summed E-state index contributed by atoms with van der Waals surface area (Å²) in [4.78, 5) is 0. The summed E-state index contributed by atoms with van der Waals surface area (Å²) in [5.41, 5.74) is 5.73. The number of hydrogen-bond acceptors (Lipinski definition) is 0. The molecule has 2 aromatic carbocycles. The summed E-state index contributed by atoms with van der Waals surface area (Å²) in [6.07, 6.45) is 1.07. The summed E-state index contributed by atoms with van der Waals surface area (Å²) in [6, 6.07) is 17.4. The van der Waals surface area contributed by atoms with E-state index in [2.05, 4.69) is 55.5 Å². The van der Waals surface area contributed by atoms with Crippen molar-refractivity contribution in [2.24, 2.45) is 0 Å². The summed E-state index contributed by atoms with van der Waals surface area (Å²) >= 11 is 0. The molecule has 0 aromatic heterocycles. The van der Waals surface area contributed by atoms with Gasteiger partial charge in [-0.3, -0.25) is 0 Å². The smallest absolute Gasteiger partial charge is 0.0462 e. The Morgan fingerprint density at radius 1 is 0.800 bits per heavy atom. The highest BCUT2D eigenvalue weighted by Crippen LogP contribution is 2.34. The first-order chi connectivity index (χ1) is 7.36. The molecule has 0 nitrogen and oxygen atoms in total. The highest BCUT2D eigenvalue weighted by Gasteiger charge is 2.27. The lowest BCUT2D eigenvalue weighted by atomic mass is 9.79. The fourth-order valence-corrected chi connectivity index (χ4v) is 2.43. The van der Waals surface area contributed by atoms with Crippen LogP contribution in [0.3, 0.4) is 0 Å². The molecule has 0 heterocycles. The zero-order valence-electron chi connectivity index (χ0n) is 8.83. The summed E-state index contributed by atoms with van der Waals surface area (Å²) in [6.45, 7) is 2.22. The predicted molar refractivity (Wildman–Crippen MR) is 62.8 cm³/mol. The number of rotatable bonds is 0. The van der Waals surface area contributed by atoms with Gasteiger partial charge in [-0.2, -0.15) is 0 Å². The van der Waals surface area contributed by atoms with Crippen LogP contribution in [0.2, 0.25) is 0 Å². The van der Waals surface area contributed by atoms with Crippen molar-refractivity contribution in [1.82, 2.24) is 0 Å². The van der Waals surface area contributed by atoms with Crippen LogP contribution >= 0.6 is 0 Å². The summed E-state index contributed by atoms with van der Waals surface area (Å²) in [5.74, 6) is 1.41. The van der Waals surface area contributed by atoms with Gasteiger partial charge in [0.15, 0.2) is 0 Å². The van der Waals surface area contributed by atoms with Gasteiger partial charge in [-0.25, -0.2) is 0 Å². The normalized spacial score (nSPS) is 13.3. The van der Waals surface area contributed by atoms with Crippen LogP contribution in [0.5, 0.6) is 0 Å². The van der Waals surface area contributed by atoms with Gasteiger partial charge in [0.2, 0.25) is 0 Å². The first-order valence-electron chi connectivity index (χ1n) is 5.36. The maximum atomic E-state index is 2.23. The highest BCUT2D eigenvalue weighted by atomic mass is 14.2. The van der Waals surface area contributed by atoms with Gasteiger partial charge in [-0.1, -0.05) is 0 Å². The van der Waals surface area contributed by atoms with Gasteiger partial charge < -0.3 is 0 Å². The lowest BCUT2D eigenvalue weighted by Gasteiger charge is -2.18. The van der Waals surface area contributed by atoms with Crippen LogP contribution in [0.1, 0.15) is 29.2 Å². The number of fused-ring (bicyclic) bond motifs is 2. The second kappa shape index (κ2) is 3.16. The average Bonchev–Trinajstić information content (AvgIpc) is 2.30. The van der Waals surface area contributed by atoms with Crippen LogP contribution in [-0.2, 0) is 6.42 Å². The van der Waals surface area contributed by atoms with Crippen LogP contribution in [0.4, 0.5) is 0 Å². The molecule has 3 rings (SSSR count). The van der Waals surface area contributed by atoms with E-state index >= 15 is 0 Å². The molecular formula is C15H13+. The van der Waals surface area contributed by atoms with E-state index < -0.39 is 0 Å².